The molecule has 2 radical (unpaired) electrons. The Morgan fingerprint density at radius 2 is 1.92 bits per heavy atom. The first-order valence-electron chi connectivity index (χ1n) is 8.94. The van der Waals surface area contributed by atoms with Crippen molar-refractivity contribution in [2.45, 2.75) is 70.1 Å². The third-order valence-electron chi connectivity index (χ3n) is 4.73. The van der Waals surface area contributed by atoms with E-state index in [4.69, 9.17) is 33.4 Å². The Balaban J connectivity index is 2.84. The number of methoxy groups -OCH3 is 1. The van der Waals surface area contributed by atoms with Crippen LogP contribution in [0.3, 0.4) is 0 Å². The molecule has 0 bridgehead atoms. The molecule has 1 rings (SSSR count). The van der Waals surface area contributed by atoms with Gasteiger partial charge in [0.1, 0.15) is 0 Å². The summed E-state index contributed by atoms with van der Waals surface area (Å²) >= 11 is 5.21. The van der Waals surface area contributed by atoms with Crippen LogP contribution < -0.4 is 0 Å². The van der Waals surface area contributed by atoms with Crippen molar-refractivity contribution < 1.29 is 32.7 Å². The van der Waals surface area contributed by atoms with Crippen molar-refractivity contribution in [3.05, 3.63) is 0 Å². The van der Waals surface area contributed by atoms with Gasteiger partial charge in [-0.3, -0.25) is 4.57 Å². The third-order valence-corrected chi connectivity index (χ3v) is 7.71. The normalized spacial score (nSPS) is 32.1. The van der Waals surface area contributed by atoms with E-state index in [2.05, 4.69) is 4.52 Å². The molecule has 11 heteroatoms. The summed E-state index contributed by atoms with van der Waals surface area (Å²) in [6.45, 7) is 0.500. The fraction of sp³-hybridized carbons (Fsp3) is 1.00. The predicted octanol–water partition coefficient (Wildman–Crippen LogP) is 3.40. The minimum Gasteiger partial charge on any atom is -0.379 e. The second-order valence-electron chi connectivity index (χ2n) is 6.66. The molecular formula is C15H31BO7P2S. The van der Waals surface area contributed by atoms with Gasteiger partial charge in [0.25, 0.3) is 0 Å². The average molecular weight is 428 g/mol. The Labute approximate surface area is 163 Å². The predicted molar refractivity (Wildman–Crippen MR) is 106 cm³/mol. The summed E-state index contributed by atoms with van der Waals surface area (Å²) in [6.07, 6.45) is 2.04. The van der Waals surface area contributed by atoms with Crippen molar-refractivity contribution in [3.8, 4) is 0 Å². The lowest BCUT2D eigenvalue weighted by atomic mass is 9.83. The minimum absolute atomic E-state index is 0.0280. The Morgan fingerprint density at radius 3 is 2.42 bits per heavy atom. The van der Waals surface area contributed by atoms with Crippen LogP contribution in [0.25, 0.3) is 0 Å². The molecule has 0 saturated heterocycles. The highest BCUT2D eigenvalue weighted by Crippen LogP contribution is 2.54. The van der Waals surface area contributed by atoms with Crippen molar-refractivity contribution in [1.29, 1.82) is 0 Å². The summed E-state index contributed by atoms with van der Waals surface area (Å²) < 4.78 is 33.3. The molecule has 0 aromatic rings. The number of hydrogen-bond acceptors (Lipinski definition) is 6. The highest BCUT2D eigenvalue weighted by molar-refractivity contribution is 8.07. The molecule has 2 N–H and O–H groups in total. The molecule has 1 aliphatic rings. The van der Waals surface area contributed by atoms with E-state index < -0.39 is 26.5 Å². The first-order chi connectivity index (χ1) is 12.1. The summed E-state index contributed by atoms with van der Waals surface area (Å²) in [5.74, 6) is -0.502. The Hall–Kier alpha value is 0.705. The molecule has 0 aromatic heterocycles. The van der Waals surface area contributed by atoms with Crippen LogP contribution in [0.1, 0.15) is 46.0 Å². The Morgan fingerprint density at radius 1 is 1.27 bits per heavy atom. The lowest BCUT2D eigenvalue weighted by Crippen LogP contribution is -2.32. The molecule has 0 aromatic carbocycles. The van der Waals surface area contributed by atoms with Gasteiger partial charge in [0.2, 0.25) is 0 Å². The highest BCUT2D eigenvalue weighted by Gasteiger charge is 2.45. The second kappa shape index (κ2) is 11.0. The zero-order chi connectivity index (χ0) is 20.0. The monoisotopic (exact) mass is 428 g/mol. The van der Waals surface area contributed by atoms with Crippen LogP contribution in [-0.2, 0) is 34.7 Å². The van der Waals surface area contributed by atoms with Crippen molar-refractivity contribution in [1.82, 2.24) is 0 Å². The van der Waals surface area contributed by atoms with Gasteiger partial charge < -0.3 is 28.1 Å². The quantitative estimate of drug-likeness (QED) is 0.361. The van der Waals surface area contributed by atoms with Crippen molar-refractivity contribution in [2.75, 3.05) is 20.4 Å². The van der Waals surface area contributed by atoms with Gasteiger partial charge in [-0.25, -0.2) is 0 Å². The van der Waals surface area contributed by atoms with E-state index in [0.717, 1.165) is 19.3 Å². The van der Waals surface area contributed by atoms with Crippen LogP contribution >= 0.6 is 14.3 Å². The van der Waals surface area contributed by atoms with Gasteiger partial charge in [-0.15, -0.1) is 0 Å². The number of ether oxygens (including phenoxy) is 1. The number of hydrogen-bond donors (Lipinski definition) is 2. The van der Waals surface area contributed by atoms with Gasteiger partial charge in [0.15, 0.2) is 0 Å². The van der Waals surface area contributed by atoms with E-state index in [1.165, 1.54) is 14.2 Å². The zero-order valence-electron chi connectivity index (χ0n) is 15.9. The van der Waals surface area contributed by atoms with Crippen LogP contribution in [0.4, 0.5) is 0 Å². The molecule has 0 aliphatic heterocycles. The molecule has 0 amide bonds. The van der Waals surface area contributed by atoms with Gasteiger partial charge in [0, 0.05) is 14.2 Å². The summed E-state index contributed by atoms with van der Waals surface area (Å²) in [4.78, 5) is 20.2. The standard InChI is InChI=1S/C15H31BO7P2S/c1-5-7-12(6-2)22-25(19,26)23-14-11(8-9-24(17,18)21-4)10-13(16)15(14)20-3/h11-15H,5-10H2,1-4H3,(H,17,18)(H,19,26)/t11-,12?,13+,14+,15-,25?/m0/s1. The van der Waals surface area contributed by atoms with Crippen LogP contribution in [-0.4, -0.2) is 56.3 Å². The summed E-state index contributed by atoms with van der Waals surface area (Å²) in [7, 11) is 5.21. The van der Waals surface area contributed by atoms with E-state index in [0.29, 0.717) is 12.8 Å². The average Bonchev–Trinajstić information content (AvgIpc) is 2.86. The second-order valence-corrected chi connectivity index (χ2v) is 11.5. The Kier molecular flexibility index (Phi) is 10.5. The van der Waals surface area contributed by atoms with Crippen LogP contribution in [0.5, 0.6) is 0 Å². The van der Waals surface area contributed by atoms with E-state index in [-0.39, 0.29) is 24.0 Å². The topological polar surface area (TPSA) is 94.5 Å². The van der Waals surface area contributed by atoms with Crippen LogP contribution in [0.2, 0.25) is 5.82 Å². The molecule has 0 heterocycles. The molecule has 1 saturated carbocycles. The summed E-state index contributed by atoms with van der Waals surface area (Å²) in [5.41, 5.74) is 0. The SMILES string of the molecule is [B][C@@H]1C[C@H](CCP(=O)(O)OC)[C@@H](OP(O)(=S)OC(CC)CCC)[C@H]1OC. The lowest BCUT2D eigenvalue weighted by Gasteiger charge is -2.30. The summed E-state index contributed by atoms with van der Waals surface area (Å²) in [5, 5.41) is 0. The highest BCUT2D eigenvalue weighted by atomic mass is 32.5. The van der Waals surface area contributed by atoms with Crippen molar-refractivity contribution >= 4 is 34.0 Å². The molecule has 152 valence electrons. The van der Waals surface area contributed by atoms with Crippen molar-refractivity contribution in [3.63, 3.8) is 0 Å². The van der Waals surface area contributed by atoms with Gasteiger partial charge in [-0.2, -0.15) is 0 Å². The van der Waals surface area contributed by atoms with Gasteiger partial charge >= 0.3 is 14.3 Å². The maximum atomic E-state index is 11.8. The molecular weight excluding hydrogens is 397 g/mol. The fourth-order valence-corrected chi connectivity index (χ4v) is 6.09. The molecule has 1 fully saturated rings. The largest absolute Gasteiger partial charge is 0.379 e. The van der Waals surface area contributed by atoms with Crippen LogP contribution in [0, 0.1) is 5.92 Å². The zero-order valence-corrected chi connectivity index (χ0v) is 18.6. The van der Waals surface area contributed by atoms with Gasteiger partial charge in [-0.05, 0) is 42.8 Å². The lowest BCUT2D eigenvalue weighted by molar-refractivity contribution is -0.00853. The van der Waals surface area contributed by atoms with E-state index in [1.54, 1.807) is 0 Å². The molecule has 7 nitrogen and oxygen atoms in total. The minimum atomic E-state index is -3.64. The molecule has 7 atom stereocenters. The molecule has 1 aliphatic carbocycles. The molecule has 26 heavy (non-hydrogen) atoms. The third kappa shape index (κ3) is 7.61. The fourth-order valence-electron chi connectivity index (χ4n) is 3.31. The maximum absolute atomic E-state index is 11.8. The van der Waals surface area contributed by atoms with E-state index >= 15 is 0 Å². The van der Waals surface area contributed by atoms with Crippen molar-refractivity contribution in [2.24, 2.45) is 5.92 Å². The number of rotatable bonds is 12. The van der Waals surface area contributed by atoms with Gasteiger partial charge in [0.05, 0.1) is 32.3 Å². The molecule has 3 unspecified atom stereocenters. The first kappa shape index (κ1) is 24.7. The van der Waals surface area contributed by atoms with Crippen LogP contribution in [0.15, 0.2) is 0 Å². The van der Waals surface area contributed by atoms with Gasteiger partial charge in [-0.1, -0.05) is 26.7 Å². The maximum Gasteiger partial charge on any atom is 0.327 e. The smallest absolute Gasteiger partial charge is 0.327 e. The van der Waals surface area contributed by atoms with E-state index in [1.807, 2.05) is 13.8 Å². The summed E-state index contributed by atoms with van der Waals surface area (Å²) in [6, 6.07) is 0. The Bertz CT molecular complexity index is 524. The first-order valence-corrected chi connectivity index (χ1v) is 13.3. The molecule has 0 spiro atoms. The van der Waals surface area contributed by atoms with E-state index in [9.17, 15) is 14.4 Å².